The van der Waals surface area contributed by atoms with Crippen LogP contribution in [0.15, 0.2) is 54.6 Å². The molecule has 0 aliphatic heterocycles. The molecule has 0 bridgehead atoms. The summed E-state index contributed by atoms with van der Waals surface area (Å²) in [7, 11) is 0. The third-order valence-corrected chi connectivity index (χ3v) is 4.43. The zero-order valence-electron chi connectivity index (χ0n) is 15.8. The molecule has 0 radical (unpaired) electrons. The molecule has 3 rings (SSSR count). The Morgan fingerprint density at radius 1 is 0.964 bits per heavy atom. The fourth-order valence-electron chi connectivity index (χ4n) is 3.11. The van der Waals surface area contributed by atoms with E-state index in [9.17, 15) is 14.4 Å². The number of likely N-dealkylation sites (N-methyl/N-ethyl adjacent to an activating group) is 1. The van der Waals surface area contributed by atoms with Crippen LogP contribution in [0.5, 0.6) is 0 Å². The highest BCUT2D eigenvalue weighted by atomic mass is 16.5. The van der Waals surface area contributed by atoms with Crippen LogP contribution in [0.3, 0.4) is 0 Å². The van der Waals surface area contributed by atoms with Crippen LogP contribution in [-0.2, 0) is 14.3 Å². The maximum absolute atomic E-state index is 12.8. The van der Waals surface area contributed by atoms with Gasteiger partial charge >= 0.3 is 5.97 Å². The Hall–Kier alpha value is -3.41. The number of carbonyl (C=O) groups is 3. The van der Waals surface area contributed by atoms with Crippen molar-refractivity contribution in [1.82, 2.24) is 10.6 Å². The molecule has 1 atom stereocenters. The number of ether oxygens (including phenoxy) is 1. The van der Waals surface area contributed by atoms with Crippen LogP contribution in [0.1, 0.15) is 24.2 Å². The van der Waals surface area contributed by atoms with Gasteiger partial charge in [0.2, 0.25) is 5.91 Å². The summed E-state index contributed by atoms with van der Waals surface area (Å²) in [6.07, 6.45) is 0. The minimum atomic E-state index is -0.704. The van der Waals surface area contributed by atoms with Crippen molar-refractivity contribution in [3.8, 4) is 0 Å². The summed E-state index contributed by atoms with van der Waals surface area (Å²) in [6, 6.07) is 16.4. The predicted molar refractivity (Wildman–Crippen MR) is 108 cm³/mol. The van der Waals surface area contributed by atoms with Gasteiger partial charge in [-0.05, 0) is 41.5 Å². The first kappa shape index (κ1) is 19.4. The maximum Gasteiger partial charge on any atom is 0.339 e. The first-order valence-corrected chi connectivity index (χ1v) is 9.16. The van der Waals surface area contributed by atoms with Crippen molar-refractivity contribution < 1.29 is 19.1 Å². The summed E-state index contributed by atoms with van der Waals surface area (Å²) in [5.74, 6) is -1.40. The Labute approximate surface area is 162 Å². The van der Waals surface area contributed by atoms with Crippen molar-refractivity contribution in [2.75, 3.05) is 13.2 Å². The van der Waals surface area contributed by atoms with E-state index < -0.39 is 24.5 Å². The van der Waals surface area contributed by atoms with Gasteiger partial charge in [-0.15, -0.1) is 0 Å². The van der Waals surface area contributed by atoms with Crippen molar-refractivity contribution in [3.05, 3.63) is 60.2 Å². The molecule has 0 aromatic heterocycles. The van der Waals surface area contributed by atoms with Gasteiger partial charge in [-0.3, -0.25) is 9.59 Å². The Kier molecular flexibility index (Phi) is 5.89. The number of rotatable bonds is 6. The van der Waals surface area contributed by atoms with E-state index in [1.54, 1.807) is 13.8 Å². The van der Waals surface area contributed by atoms with Gasteiger partial charge in [0.25, 0.3) is 5.91 Å². The number of nitrogens with one attached hydrogen (secondary N) is 2. The quantitative estimate of drug-likeness (QED) is 0.510. The molecule has 0 saturated carbocycles. The molecule has 0 aliphatic carbocycles. The van der Waals surface area contributed by atoms with E-state index in [4.69, 9.17) is 4.74 Å². The third-order valence-electron chi connectivity index (χ3n) is 4.43. The van der Waals surface area contributed by atoms with Crippen LogP contribution in [0, 0.1) is 0 Å². The van der Waals surface area contributed by atoms with E-state index in [1.165, 1.54) is 0 Å². The molecular formula is C22H22N2O4. The zero-order valence-corrected chi connectivity index (χ0v) is 15.8. The highest BCUT2D eigenvalue weighted by Crippen LogP contribution is 2.29. The minimum absolute atomic E-state index is 0.290. The second-order valence-electron chi connectivity index (χ2n) is 6.45. The lowest BCUT2D eigenvalue weighted by molar-refractivity contribution is -0.130. The van der Waals surface area contributed by atoms with Crippen LogP contribution in [0.4, 0.5) is 0 Å². The summed E-state index contributed by atoms with van der Waals surface area (Å²) in [5.41, 5.74) is 0.429. The summed E-state index contributed by atoms with van der Waals surface area (Å²) < 4.78 is 5.26. The van der Waals surface area contributed by atoms with Gasteiger partial charge in [0, 0.05) is 6.54 Å². The van der Waals surface area contributed by atoms with Crippen molar-refractivity contribution in [2.24, 2.45) is 0 Å². The number of benzene rings is 3. The Morgan fingerprint density at radius 2 is 1.54 bits per heavy atom. The molecular weight excluding hydrogens is 356 g/mol. The molecule has 28 heavy (non-hydrogen) atoms. The Bertz CT molecular complexity index is 991. The monoisotopic (exact) mass is 378 g/mol. The SMILES string of the molecule is CCNC(=O)[C@H](C)NC(=O)COC(=O)c1c2ccccc2cc2ccccc12. The van der Waals surface area contributed by atoms with E-state index >= 15 is 0 Å². The molecule has 0 spiro atoms. The molecule has 0 aliphatic rings. The van der Waals surface area contributed by atoms with Crippen LogP contribution in [0.25, 0.3) is 21.5 Å². The molecule has 2 amide bonds. The number of amides is 2. The molecule has 0 saturated heterocycles. The molecule has 2 N–H and O–H groups in total. The number of hydrogen-bond donors (Lipinski definition) is 2. The van der Waals surface area contributed by atoms with E-state index in [1.807, 2.05) is 54.6 Å². The lowest BCUT2D eigenvalue weighted by Gasteiger charge is -2.14. The van der Waals surface area contributed by atoms with E-state index in [0.717, 1.165) is 21.5 Å². The van der Waals surface area contributed by atoms with Gasteiger partial charge in [0.1, 0.15) is 6.04 Å². The van der Waals surface area contributed by atoms with Crippen LogP contribution < -0.4 is 10.6 Å². The average Bonchev–Trinajstić information content (AvgIpc) is 2.70. The second-order valence-corrected chi connectivity index (χ2v) is 6.45. The van der Waals surface area contributed by atoms with Crippen molar-refractivity contribution >= 4 is 39.3 Å². The number of fused-ring (bicyclic) bond motifs is 2. The van der Waals surface area contributed by atoms with E-state index in [0.29, 0.717) is 12.1 Å². The second kappa shape index (κ2) is 8.52. The van der Waals surface area contributed by atoms with Gasteiger partial charge < -0.3 is 15.4 Å². The smallest absolute Gasteiger partial charge is 0.339 e. The highest BCUT2D eigenvalue weighted by molar-refractivity contribution is 6.16. The molecule has 6 nitrogen and oxygen atoms in total. The topological polar surface area (TPSA) is 84.5 Å². The number of esters is 1. The Morgan fingerprint density at radius 3 is 2.11 bits per heavy atom. The lowest BCUT2D eigenvalue weighted by atomic mass is 9.97. The fraction of sp³-hybridized carbons (Fsp3) is 0.227. The first-order valence-electron chi connectivity index (χ1n) is 9.16. The molecule has 3 aromatic carbocycles. The fourth-order valence-corrected chi connectivity index (χ4v) is 3.11. The maximum atomic E-state index is 12.8. The lowest BCUT2D eigenvalue weighted by Crippen LogP contribution is -2.46. The van der Waals surface area contributed by atoms with Gasteiger partial charge in [-0.1, -0.05) is 48.5 Å². The van der Waals surface area contributed by atoms with E-state index in [2.05, 4.69) is 10.6 Å². The van der Waals surface area contributed by atoms with Crippen molar-refractivity contribution in [3.63, 3.8) is 0 Å². The van der Waals surface area contributed by atoms with Crippen LogP contribution in [-0.4, -0.2) is 37.0 Å². The number of hydrogen-bond acceptors (Lipinski definition) is 4. The van der Waals surface area contributed by atoms with Gasteiger partial charge in [0.15, 0.2) is 6.61 Å². The zero-order chi connectivity index (χ0) is 20.1. The standard InChI is InChI=1S/C22H22N2O4/c1-3-23-21(26)14(2)24-19(25)13-28-22(27)20-17-10-6-4-8-15(17)12-16-9-5-7-11-18(16)20/h4-12,14H,3,13H2,1-2H3,(H,23,26)(H,24,25)/t14-/m0/s1. The predicted octanol–water partition coefficient (Wildman–Crippen LogP) is 2.79. The van der Waals surface area contributed by atoms with Gasteiger partial charge in [0.05, 0.1) is 5.56 Å². The molecule has 0 unspecified atom stereocenters. The third kappa shape index (κ3) is 4.11. The highest BCUT2D eigenvalue weighted by Gasteiger charge is 2.19. The molecule has 144 valence electrons. The minimum Gasteiger partial charge on any atom is -0.452 e. The molecule has 6 heteroatoms. The summed E-state index contributed by atoms with van der Waals surface area (Å²) >= 11 is 0. The number of carbonyl (C=O) groups excluding carboxylic acids is 3. The summed E-state index contributed by atoms with van der Waals surface area (Å²) in [4.78, 5) is 36.6. The van der Waals surface area contributed by atoms with Gasteiger partial charge in [-0.2, -0.15) is 0 Å². The van der Waals surface area contributed by atoms with Gasteiger partial charge in [-0.25, -0.2) is 4.79 Å². The molecule has 3 aromatic rings. The normalized spacial score (nSPS) is 11.8. The van der Waals surface area contributed by atoms with Crippen molar-refractivity contribution in [2.45, 2.75) is 19.9 Å². The Balaban J connectivity index is 1.80. The van der Waals surface area contributed by atoms with E-state index in [-0.39, 0.29) is 5.91 Å². The average molecular weight is 378 g/mol. The van der Waals surface area contributed by atoms with Crippen LogP contribution >= 0.6 is 0 Å². The summed E-state index contributed by atoms with van der Waals surface area (Å²) in [6.45, 7) is 3.38. The summed E-state index contributed by atoms with van der Waals surface area (Å²) in [5, 5.41) is 8.51. The van der Waals surface area contributed by atoms with Crippen molar-refractivity contribution in [1.29, 1.82) is 0 Å². The van der Waals surface area contributed by atoms with Crippen LogP contribution in [0.2, 0.25) is 0 Å². The molecule has 0 heterocycles. The first-order chi connectivity index (χ1) is 13.5. The largest absolute Gasteiger partial charge is 0.452 e. The molecule has 0 fully saturated rings.